The fourth-order valence-electron chi connectivity index (χ4n) is 2.25. The Hall–Kier alpha value is -2.11. The van der Waals surface area contributed by atoms with Crippen molar-refractivity contribution >= 4 is 17.3 Å². The summed E-state index contributed by atoms with van der Waals surface area (Å²) in [6.45, 7) is 5.65. The second kappa shape index (κ2) is 5.90. The van der Waals surface area contributed by atoms with Crippen LogP contribution in [0.2, 0.25) is 0 Å². The van der Waals surface area contributed by atoms with E-state index in [9.17, 15) is 14.9 Å². The van der Waals surface area contributed by atoms with Gasteiger partial charge in [0.25, 0.3) is 11.6 Å². The Morgan fingerprint density at radius 1 is 1.45 bits per heavy atom. The molecule has 1 aromatic rings. The van der Waals surface area contributed by atoms with Crippen LogP contribution in [0.3, 0.4) is 0 Å². The molecular weight excluding hydrogens is 258 g/mol. The highest BCUT2D eigenvalue weighted by Crippen LogP contribution is 2.34. The number of carbonyl (C=O) groups is 1. The van der Waals surface area contributed by atoms with Crippen molar-refractivity contribution in [3.63, 3.8) is 0 Å². The molecular formula is C14H21N3O3. The van der Waals surface area contributed by atoms with Gasteiger partial charge in [-0.1, -0.05) is 13.8 Å². The number of aryl methyl sites for hydroxylation is 1. The highest BCUT2D eigenvalue weighted by molar-refractivity contribution is 5.99. The molecule has 0 spiro atoms. The predicted molar refractivity (Wildman–Crippen MR) is 78.8 cm³/mol. The number of benzene rings is 1. The molecule has 0 heterocycles. The molecule has 1 amide bonds. The van der Waals surface area contributed by atoms with Crippen molar-refractivity contribution in [2.75, 3.05) is 19.8 Å². The summed E-state index contributed by atoms with van der Waals surface area (Å²) in [7, 11) is 3.26. The van der Waals surface area contributed by atoms with Crippen molar-refractivity contribution in [3.05, 3.63) is 32.9 Å². The summed E-state index contributed by atoms with van der Waals surface area (Å²) in [5.41, 5.74) is 7.24. The largest absolute Gasteiger partial charge is 0.393 e. The van der Waals surface area contributed by atoms with Crippen LogP contribution in [-0.4, -0.2) is 29.8 Å². The number of nitrogens with zero attached hydrogens (tertiary/aromatic N) is 2. The number of nitro benzene ring substituents is 1. The zero-order chi connectivity index (χ0) is 15.6. The van der Waals surface area contributed by atoms with E-state index in [1.807, 2.05) is 13.8 Å². The topological polar surface area (TPSA) is 89.5 Å². The molecule has 1 aromatic carbocycles. The Kier molecular flexibility index (Phi) is 4.70. The Bertz CT molecular complexity index is 551. The van der Waals surface area contributed by atoms with Crippen LogP contribution in [0.15, 0.2) is 6.07 Å². The number of nitrogen functional groups attached to an aromatic ring is 1. The van der Waals surface area contributed by atoms with Crippen LogP contribution in [0.1, 0.15) is 35.3 Å². The molecule has 0 atom stereocenters. The first-order valence-electron chi connectivity index (χ1n) is 6.44. The van der Waals surface area contributed by atoms with Crippen molar-refractivity contribution in [3.8, 4) is 0 Å². The van der Waals surface area contributed by atoms with Gasteiger partial charge in [-0.15, -0.1) is 0 Å². The summed E-state index contributed by atoms with van der Waals surface area (Å²) >= 11 is 0. The zero-order valence-corrected chi connectivity index (χ0v) is 12.6. The minimum absolute atomic E-state index is 0.110. The van der Waals surface area contributed by atoms with Gasteiger partial charge in [-0.3, -0.25) is 14.9 Å². The Morgan fingerprint density at radius 2 is 2.00 bits per heavy atom. The SMILES string of the molecule is Cc1cc(N)c([N+](=O)[O-])c(CC(C)C)c1C(=O)N(C)C. The monoisotopic (exact) mass is 279 g/mol. The number of carbonyl (C=O) groups excluding carboxylic acids is 1. The molecule has 1 rings (SSSR count). The quantitative estimate of drug-likeness (QED) is 0.520. The summed E-state index contributed by atoms with van der Waals surface area (Å²) in [4.78, 5) is 24.5. The van der Waals surface area contributed by atoms with Gasteiger partial charge in [-0.2, -0.15) is 0 Å². The Labute approximate surface area is 118 Å². The summed E-state index contributed by atoms with van der Waals surface area (Å²) in [6.07, 6.45) is 0.442. The molecule has 20 heavy (non-hydrogen) atoms. The third-order valence-corrected chi connectivity index (χ3v) is 3.04. The molecule has 0 bridgehead atoms. The molecule has 0 aliphatic rings. The molecule has 0 aliphatic carbocycles. The van der Waals surface area contributed by atoms with Gasteiger partial charge in [-0.25, -0.2) is 0 Å². The predicted octanol–water partition coefficient (Wildman–Crippen LogP) is 2.39. The third kappa shape index (κ3) is 3.07. The number of amides is 1. The van der Waals surface area contributed by atoms with E-state index in [1.54, 1.807) is 21.0 Å². The summed E-state index contributed by atoms with van der Waals surface area (Å²) in [5, 5.41) is 11.3. The maximum atomic E-state index is 12.3. The normalized spacial score (nSPS) is 10.7. The maximum absolute atomic E-state index is 12.3. The molecule has 6 nitrogen and oxygen atoms in total. The molecule has 0 saturated heterocycles. The van der Waals surface area contributed by atoms with Crippen LogP contribution in [0, 0.1) is 23.0 Å². The van der Waals surface area contributed by atoms with Crippen molar-refractivity contribution in [1.82, 2.24) is 4.90 Å². The lowest BCUT2D eigenvalue weighted by atomic mass is 9.91. The summed E-state index contributed by atoms with van der Waals surface area (Å²) in [6, 6.07) is 1.50. The Morgan fingerprint density at radius 3 is 2.40 bits per heavy atom. The van der Waals surface area contributed by atoms with Gasteiger partial charge < -0.3 is 10.6 Å². The summed E-state index contributed by atoms with van der Waals surface area (Å²) < 4.78 is 0. The van der Waals surface area contributed by atoms with Gasteiger partial charge in [0.05, 0.1) is 10.5 Å². The number of nitro groups is 1. The molecule has 0 radical (unpaired) electrons. The van der Waals surface area contributed by atoms with E-state index in [0.29, 0.717) is 23.1 Å². The number of rotatable bonds is 4. The molecule has 0 saturated carbocycles. The fraction of sp³-hybridized carbons (Fsp3) is 0.500. The van der Waals surface area contributed by atoms with E-state index >= 15 is 0 Å². The second-order valence-electron chi connectivity index (χ2n) is 5.54. The van der Waals surface area contributed by atoms with E-state index in [-0.39, 0.29) is 23.2 Å². The molecule has 2 N–H and O–H groups in total. The van der Waals surface area contributed by atoms with Crippen molar-refractivity contribution in [2.24, 2.45) is 5.92 Å². The van der Waals surface area contributed by atoms with E-state index in [2.05, 4.69) is 0 Å². The van der Waals surface area contributed by atoms with E-state index in [0.717, 1.165) is 0 Å². The lowest BCUT2D eigenvalue weighted by Crippen LogP contribution is -2.25. The highest BCUT2D eigenvalue weighted by atomic mass is 16.6. The third-order valence-electron chi connectivity index (χ3n) is 3.04. The van der Waals surface area contributed by atoms with Crippen LogP contribution < -0.4 is 5.73 Å². The first kappa shape index (κ1) is 15.9. The van der Waals surface area contributed by atoms with E-state index in [1.165, 1.54) is 11.0 Å². The first-order chi connectivity index (χ1) is 9.16. The molecule has 0 unspecified atom stereocenters. The van der Waals surface area contributed by atoms with Crippen LogP contribution >= 0.6 is 0 Å². The van der Waals surface area contributed by atoms with Gasteiger partial charge in [0.15, 0.2) is 0 Å². The minimum Gasteiger partial charge on any atom is -0.393 e. The minimum atomic E-state index is -0.501. The lowest BCUT2D eigenvalue weighted by molar-refractivity contribution is -0.384. The highest BCUT2D eigenvalue weighted by Gasteiger charge is 2.28. The van der Waals surface area contributed by atoms with E-state index < -0.39 is 4.92 Å². The summed E-state index contributed by atoms with van der Waals surface area (Å²) in [5.74, 6) is -0.0511. The van der Waals surface area contributed by atoms with Crippen LogP contribution in [0.25, 0.3) is 0 Å². The van der Waals surface area contributed by atoms with Gasteiger partial charge >= 0.3 is 0 Å². The molecule has 0 aliphatic heterocycles. The van der Waals surface area contributed by atoms with Crippen LogP contribution in [0.4, 0.5) is 11.4 Å². The smallest absolute Gasteiger partial charge is 0.296 e. The molecule has 110 valence electrons. The number of hydrogen-bond acceptors (Lipinski definition) is 4. The first-order valence-corrected chi connectivity index (χ1v) is 6.44. The second-order valence-corrected chi connectivity index (χ2v) is 5.54. The maximum Gasteiger partial charge on any atom is 0.296 e. The number of hydrogen-bond donors (Lipinski definition) is 1. The van der Waals surface area contributed by atoms with Gasteiger partial charge in [0.1, 0.15) is 5.69 Å². The van der Waals surface area contributed by atoms with Gasteiger partial charge in [0, 0.05) is 19.7 Å². The fourth-order valence-corrected chi connectivity index (χ4v) is 2.25. The van der Waals surface area contributed by atoms with Crippen molar-refractivity contribution in [2.45, 2.75) is 27.2 Å². The molecule has 0 fully saturated rings. The van der Waals surface area contributed by atoms with Crippen molar-refractivity contribution in [1.29, 1.82) is 0 Å². The standard InChI is InChI=1S/C14H21N3O3/c1-8(2)6-10-12(14(18)16(4)5)9(3)7-11(15)13(10)17(19)20/h7-8H,6,15H2,1-5H3. The molecule has 0 aromatic heterocycles. The van der Waals surface area contributed by atoms with E-state index in [4.69, 9.17) is 5.73 Å². The van der Waals surface area contributed by atoms with Crippen molar-refractivity contribution < 1.29 is 9.72 Å². The molecule has 6 heteroatoms. The number of nitrogens with two attached hydrogens (primary N) is 1. The van der Waals surface area contributed by atoms with Gasteiger partial charge in [-0.05, 0) is 30.9 Å². The average molecular weight is 279 g/mol. The zero-order valence-electron chi connectivity index (χ0n) is 12.6. The van der Waals surface area contributed by atoms with Crippen LogP contribution in [0.5, 0.6) is 0 Å². The van der Waals surface area contributed by atoms with Crippen LogP contribution in [-0.2, 0) is 6.42 Å². The number of anilines is 1. The Balaban J connectivity index is 3.67. The average Bonchev–Trinajstić information content (AvgIpc) is 2.26. The lowest BCUT2D eigenvalue weighted by Gasteiger charge is -2.18. The van der Waals surface area contributed by atoms with Gasteiger partial charge in [0.2, 0.25) is 0 Å².